The zero-order valence-corrected chi connectivity index (χ0v) is 19.3. The Balaban J connectivity index is 0.00000187. The molecule has 1 saturated heterocycles. The van der Waals surface area contributed by atoms with Crippen molar-refractivity contribution in [3.8, 4) is 6.07 Å². The van der Waals surface area contributed by atoms with E-state index in [1.807, 2.05) is 5.01 Å². The first-order chi connectivity index (χ1) is 15.9. The number of hydrogen-bond donors (Lipinski definition) is 1. The number of rotatable bonds is 5. The number of hydrazine groups is 1. The molecule has 33 heavy (non-hydrogen) atoms. The minimum Gasteiger partial charge on any atom is -0.465 e. The van der Waals surface area contributed by atoms with Crippen LogP contribution in [-0.4, -0.2) is 59.8 Å². The smallest absolute Gasteiger partial charge is 0.338 e. The summed E-state index contributed by atoms with van der Waals surface area (Å²) in [5, 5.41) is 19.4. The average Bonchev–Trinajstić information content (AvgIpc) is 3.17. The Kier molecular flexibility index (Phi) is 9.33. The van der Waals surface area contributed by atoms with Crippen molar-refractivity contribution in [1.82, 2.24) is 10.0 Å². The number of benzene rings is 1. The van der Waals surface area contributed by atoms with Crippen LogP contribution in [0.2, 0.25) is 0 Å². The normalized spacial score (nSPS) is 23.3. The molecule has 0 saturated carbocycles. The number of carbonyl (C=O) groups excluding carboxylic acids is 3. The van der Waals surface area contributed by atoms with Crippen LogP contribution in [0.15, 0.2) is 47.7 Å². The Hall–Kier alpha value is -3.48. The van der Waals surface area contributed by atoms with E-state index in [4.69, 9.17) is 19.8 Å². The van der Waals surface area contributed by atoms with Crippen LogP contribution >= 0.6 is 0 Å². The quantitative estimate of drug-likeness (QED) is 0.671. The predicted octanol–water partition coefficient (Wildman–Crippen LogP) is 2.24. The first-order valence-corrected chi connectivity index (χ1v) is 10.7. The minimum atomic E-state index is -0.856. The van der Waals surface area contributed by atoms with Crippen LogP contribution in [0.3, 0.4) is 0 Å². The SMILES string of the molecule is CCOC(=O)C1=C(\C)[C@H](C(=O)OCC)[C@@H](c2ccc(C#N)cc2)N2CCC(=O)N2/C=C\1.CO. The van der Waals surface area contributed by atoms with E-state index in [0.717, 1.165) is 12.7 Å². The van der Waals surface area contributed by atoms with Crippen LogP contribution in [0.4, 0.5) is 0 Å². The molecular weight excluding hydrogens is 426 g/mol. The largest absolute Gasteiger partial charge is 0.465 e. The molecule has 2 heterocycles. The van der Waals surface area contributed by atoms with Crippen LogP contribution in [0.1, 0.15) is 44.4 Å². The molecule has 1 N–H and O–H groups in total. The number of esters is 2. The van der Waals surface area contributed by atoms with E-state index in [-0.39, 0.29) is 31.1 Å². The van der Waals surface area contributed by atoms with Gasteiger partial charge in [0.15, 0.2) is 0 Å². The third-order valence-electron chi connectivity index (χ3n) is 5.41. The summed E-state index contributed by atoms with van der Waals surface area (Å²) in [7, 11) is 1.00. The minimum absolute atomic E-state index is 0.139. The molecule has 176 valence electrons. The number of amides is 1. The lowest BCUT2D eigenvalue weighted by molar-refractivity contribution is -0.153. The number of fused-ring (bicyclic) bond motifs is 1. The van der Waals surface area contributed by atoms with Crippen molar-refractivity contribution in [2.45, 2.75) is 33.2 Å². The summed E-state index contributed by atoms with van der Waals surface area (Å²) in [4.78, 5) is 38.4. The summed E-state index contributed by atoms with van der Waals surface area (Å²) >= 11 is 0. The molecule has 1 fully saturated rings. The number of ether oxygens (including phenoxy) is 2. The maximum Gasteiger partial charge on any atom is 0.338 e. The molecule has 0 aliphatic carbocycles. The van der Waals surface area contributed by atoms with Crippen LogP contribution in [0.25, 0.3) is 0 Å². The molecule has 2 aliphatic rings. The molecule has 0 spiro atoms. The number of hydrogen-bond acceptors (Lipinski definition) is 8. The van der Waals surface area contributed by atoms with Crippen LogP contribution in [0, 0.1) is 17.2 Å². The third kappa shape index (κ3) is 5.48. The van der Waals surface area contributed by atoms with Gasteiger partial charge in [-0.2, -0.15) is 5.26 Å². The van der Waals surface area contributed by atoms with Gasteiger partial charge in [-0.15, -0.1) is 0 Å². The van der Waals surface area contributed by atoms with Crippen LogP contribution in [-0.2, 0) is 23.9 Å². The maximum atomic E-state index is 13.2. The number of aliphatic hydroxyl groups is 1. The van der Waals surface area contributed by atoms with Crippen molar-refractivity contribution in [2.24, 2.45) is 5.92 Å². The highest BCUT2D eigenvalue weighted by molar-refractivity contribution is 5.94. The van der Waals surface area contributed by atoms with Gasteiger partial charge >= 0.3 is 11.9 Å². The predicted molar refractivity (Wildman–Crippen MR) is 119 cm³/mol. The highest BCUT2D eigenvalue weighted by Gasteiger charge is 2.44. The summed E-state index contributed by atoms with van der Waals surface area (Å²) < 4.78 is 10.6. The van der Waals surface area contributed by atoms with E-state index in [1.165, 1.54) is 11.1 Å². The van der Waals surface area contributed by atoms with Gasteiger partial charge in [-0.05, 0) is 50.1 Å². The second-order valence-corrected chi connectivity index (χ2v) is 7.19. The zero-order valence-electron chi connectivity index (χ0n) is 19.3. The fraction of sp³-hybridized carbons (Fsp3) is 0.417. The summed E-state index contributed by atoms with van der Waals surface area (Å²) in [6.07, 6.45) is 3.34. The van der Waals surface area contributed by atoms with Crippen LogP contribution in [0.5, 0.6) is 0 Å². The van der Waals surface area contributed by atoms with Crippen LogP contribution < -0.4 is 0 Å². The highest BCUT2D eigenvalue weighted by atomic mass is 16.5. The van der Waals surface area contributed by atoms with Gasteiger partial charge in [0, 0.05) is 26.3 Å². The fourth-order valence-electron chi connectivity index (χ4n) is 3.97. The van der Waals surface area contributed by atoms with E-state index >= 15 is 0 Å². The molecule has 0 unspecified atom stereocenters. The molecule has 0 aromatic heterocycles. The molecule has 0 bridgehead atoms. The standard InChI is InChI=1S/C23H25N3O5.CH4O/c1-4-30-22(28)18-10-12-25-19(27)11-13-26(25)21(17-8-6-16(14-24)7-9-17)20(15(18)3)23(29)31-5-2;1-2/h6-10,12,20-21H,4-5,11,13H2,1-3H3;2H,1H3/b12-10-,18-15+;/t20-,21+;/m0./s1. The molecule has 3 rings (SSSR count). The lowest BCUT2D eigenvalue weighted by Crippen LogP contribution is -2.45. The molecule has 9 heteroatoms. The summed E-state index contributed by atoms with van der Waals surface area (Å²) in [5.74, 6) is -2.05. The number of nitrogens with zero attached hydrogens (tertiary/aromatic N) is 3. The van der Waals surface area contributed by atoms with E-state index in [2.05, 4.69) is 6.07 Å². The van der Waals surface area contributed by atoms with Gasteiger partial charge in [-0.3, -0.25) is 9.59 Å². The summed E-state index contributed by atoms with van der Waals surface area (Å²) in [5.41, 5.74) is 1.94. The Labute approximate surface area is 193 Å². The highest BCUT2D eigenvalue weighted by Crippen LogP contribution is 2.40. The van der Waals surface area contributed by atoms with Crippen molar-refractivity contribution in [3.05, 3.63) is 58.8 Å². The van der Waals surface area contributed by atoms with Crippen molar-refractivity contribution in [1.29, 1.82) is 5.26 Å². The van der Waals surface area contributed by atoms with Crippen molar-refractivity contribution >= 4 is 17.8 Å². The van der Waals surface area contributed by atoms with E-state index in [9.17, 15) is 14.4 Å². The van der Waals surface area contributed by atoms with Gasteiger partial charge < -0.3 is 14.6 Å². The van der Waals surface area contributed by atoms with E-state index < -0.39 is 23.9 Å². The monoisotopic (exact) mass is 455 g/mol. The van der Waals surface area contributed by atoms with Gasteiger partial charge in [-0.1, -0.05) is 12.1 Å². The molecule has 0 radical (unpaired) electrons. The molecule has 2 aliphatic heterocycles. The lowest BCUT2D eigenvalue weighted by atomic mass is 9.83. The van der Waals surface area contributed by atoms with Gasteiger partial charge in [0.1, 0.15) is 5.92 Å². The first kappa shape index (κ1) is 25.8. The molecule has 9 nitrogen and oxygen atoms in total. The summed E-state index contributed by atoms with van der Waals surface area (Å²) in [6, 6.07) is 8.34. The summed E-state index contributed by atoms with van der Waals surface area (Å²) in [6.45, 7) is 5.90. The Morgan fingerprint density at radius 1 is 1.15 bits per heavy atom. The van der Waals surface area contributed by atoms with E-state index in [1.54, 1.807) is 51.2 Å². The number of nitriles is 1. The first-order valence-electron chi connectivity index (χ1n) is 10.7. The molecule has 2 atom stereocenters. The third-order valence-corrected chi connectivity index (χ3v) is 5.41. The molecule has 1 aromatic rings. The van der Waals surface area contributed by atoms with Crippen molar-refractivity contribution < 1.29 is 29.0 Å². The Morgan fingerprint density at radius 2 is 1.79 bits per heavy atom. The van der Waals surface area contributed by atoms with Gasteiger partial charge in [0.2, 0.25) is 5.91 Å². The molecule has 1 amide bonds. The number of aliphatic hydroxyl groups excluding tert-OH is 1. The fourth-order valence-corrected chi connectivity index (χ4v) is 3.97. The Morgan fingerprint density at radius 3 is 2.36 bits per heavy atom. The Bertz CT molecular complexity index is 977. The van der Waals surface area contributed by atoms with Gasteiger partial charge in [0.25, 0.3) is 0 Å². The van der Waals surface area contributed by atoms with Gasteiger partial charge in [-0.25, -0.2) is 14.8 Å². The second-order valence-electron chi connectivity index (χ2n) is 7.19. The number of carbonyl (C=O) groups is 3. The van der Waals surface area contributed by atoms with Crippen molar-refractivity contribution in [2.75, 3.05) is 26.9 Å². The molecule has 1 aromatic carbocycles. The topological polar surface area (TPSA) is 120 Å². The van der Waals surface area contributed by atoms with Gasteiger partial charge in [0.05, 0.1) is 36.5 Å². The van der Waals surface area contributed by atoms with E-state index in [0.29, 0.717) is 17.7 Å². The molecular formula is C24H29N3O6. The van der Waals surface area contributed by atoms with Crippen molar-refractivity contribution in [3.63, 3.8) is 0 Å². The maximum absolute atomic E-state index is 13.2. The average molecular weight is 456 g/mol. The zero-order chi connectivity index (χ0) is 24.5. The second kappa shape index (κ2) is 11.9. The lowest BCUT2D eigenvalue weighted by Gasteiger charge is -2.39.